The van der Waals surface area contributed by atoms with Crippen LogP contribution in [0.5, 0.6) is 5.75 Å². The molecule has 0 aliphatic heterocycles. The summed E-state index contributed by atoms with van der Waals surface area (Å²) in [5.41, 5.74) is 8.44. The summed E-state index contributed by atoms with van der Waals surface area (Å²) in [7, 11) is 0. The second-order valence-electron chi connectivity index (χ2n) is 8.06. The lowest BCUT2D eigenvalue weighted by molar-refractivity contribution is 0.306. The van der Waals surface area contributed by atoms with Crippen LogP contribution in [0.2, 0.25) is 0 Å². The number of aromatic nitrogens is 4. The fourth-order valence-corrected chi connectivity index (χ4v) is 4.66. The van der Waals surface area contributed by atoms with Crippen LogP contribution < -0.4 is 4.74 Å². The molecule has 0 fully saturated rings. The van der Waals surface area contributed by atoms with Gasteiger partial charge in [0, 0.05) is 10.9 Å². The number of ether oxygens (including phenoxy) is 1. The van der Waals surface area contributed by atoms with E-state index in [9.17, 15) is 0 Å². The average molecular weight is 453 g/mol. The molecule has 33 heavy (non-hydrogen) atoms. The smallest absolute Gasteiger partial charge is 0.146 e. The second-order valence-corrected chi connectivity index (χ2v) is 8.92. The lowest BCUT2D eigenvalue weighted by Gasteiger charge is -2.08. The van der Waals surface area contributed by atoms with E-state index in [0.717, 1.165) is 44.7 Å². The normalized spacial score (nSPS) is 11.0. The van der Waals surface area contributed by atoms with Gasteiger partial charge in [-0.15, -0.1) is 16.4 Å². The molecule has 5 rings (SSSR count). The molecule has 0 amide bonds. The van der Waals surface area contributed by atoms with Crippen LogP contribution in [0, 0.1) is 20.8 Å². The second kappa shape index (κ2) is 9.00. The zero-order valence-corrected chi connectivity index (χ0v) is 19.6. The minimum absolute atomic E-state index is 0.541. The van der Waals surface area contributed by atoms with E-state index in [2.05, 4.69) is 59.9 Å². The average Bonchev–Trinajstić information content (AvgIpc) is 3.45. The molecule has 0 N–H and O–H groups in total. The molecule has 2 aromatic heterocycles. The SMILES string of the molecule is Cc1ccc(-c2csc(-c3nnn(-c4ccc(OCc5ccccc5)cc4)c3C)n2)c(C)c1. The lowest BCUT2D eigenvalue weighted by atomic mass is 10.0. The van der Waals surface area contributed by atoms with E-state index in [1.165, 1.54) is 11.1 Å². The fraction of sp³-hybridized carbons (Fsp3) is 0.148. The molecule has 0 unspecified atom stereocenters. The van der Waals surface area contributed by atoms with Gasteiger partial charge in [-0.2, -0.15) is 0 Å². The Kier molecular flexibility index (Phi) is 5.75. The minimum atomic E-state index is 0.541. The highest BCUT2D eigenvalue weighted by Gasteiger charge is 2.16. The zero-order valence-electron chi connectivity index (χ0n) is 18.8. The number of rotatable bonds is 6. The van der Waals surface area contributed by atoms with Gasteiger partial charge in [0.25, 0.3) is 0 Å². The number of hydrogen-bond donors (Lipinski definition) is 0. The van der Waals surface area contributed by atoms with E-state index in [1.807, 2.05) is 54.1 Å². The van der Waals surface area contributed by atoms with Gasteiger partial charge in [0.15, 0.2) is 0 Å². The summed E-state index contributed by atoms with van der Waals surface area (Å²) < 4.78 is 7.74. The first kappa shape index (κ1) is 21.1. The third-order valence-corrected chi connectivity index (χ3v) is 6.44. The molecule has 6 heteroatoms. The Morgan fingerprint density at radius 2 is 1.70 bits per heavy atom. The monoisotopic (exact) mass is 452 g/mol. The van der Waals surface area contributed by atoms with Gasteiger partial charge in [-0.25, -0.2) is 9.67 Å². The highest BCUT2D eigenvalue weighted by Crippen LogP contribution is 2.32. The van der Waals surface area contributed by atoms with Crippen LogP contribution in [-0.2, 0) is 6.61 Å². The molecule has 0 bridgehead atoms. The van der Waals surface area contributed by atoms with Crippen molar-refractivity contribution in [3.05, 3.63) is 101 Å². The van der Waals surface area contributed by atoms with Crippen molar-refractivity contribution in [1.29, 1.82) is 0 Å². The van der Waals surface area contributed by atoms with Gasteiger partial charge in [-0.1, -0.05) is 59.3 Å². The quantitative estimate of drug-likeness (QED) is 0.293. The van der Waals surface area contributed by atoms with Crippen molar-refractivity contribution in [3.8, 4) is 33.4 Å². The molecule has 5 nitrogen and oxygen atoms in total. The highest BCUT2D eigenvalue weighted by molar-refractivity contribution is 7.13. The van der Waals surface area contributed by atoms with Crippen LogP contribution >= 0.6 is 11.3 Å². The molecule has 2 heterocycles. The molecule has 0 atom stereocenters. The topological polar surface area (TPSA) is 52.8 Å². The fourth-order valence-electron chi connectivity index (χ4n) is 3.80. The van der Waals surface area contributed by atoms with E-state index in [1.54, 1.807) is 11.3 Å². The van der Waals surface area contributed by atoms with Crippen molar-refractivity contribution in [2.24, 2.45) is 0 Å². The first-order valence-electron chi connectivity index (χ1n) is 10.8. The third-order valence-electron chi connectivity index (χ3n) is 5.59. The van der Waals surface area contributed by atoms with Crippen LogP contribution in [0.25, 0.3) is 27.6 Å². The van der Waals surface area contributed by atoms with Gasteiger partial charge in [-0.3, -0.25) is 0 Å². The molecule has 5 aromatic rings. The van der Waals surface area contributed by atoms with Gasteiger partial charge in [-0.05, 0) is 56.2 Å². The van der Waals surface area contributed by atoms with Crippen LogP contribution in [0.15, 0.2) is 78.2 Å². The van der Waals surface area contributed by atoms with Gasteiger partial charge in [0.1, 0.15) is 23.1 Å². The maximum absolute atomic E-state index is 5.90. The van der Waals surface area contributed by atoms with Gasteiger partial charge < -0.3 is 4.74 Å². The van der Waals surface area contributed by atoms with E-state index in [4.69, 9.17) is 9.72 Å². The van der Waals surface area contributed by atoms with Crippen molar-refractivity contribution < 1.29 is 4.74 Å². The Morgan fingerprint density at radius 3 is 2.45 bits per heavy atom. The van der Waals surface area contributed by atoms with Crippen LogP contribution in [-0.4, -0.2) is 20.0 Å². The highest BCUT2D eigenvalue weighted by atomic mass is 32.1. The number of benzene rings is 3. The predicted octanol–water partition coefficient (Wildman–Crippen LogP) is 6.56. The molecule has 0 aliphatic carbocycles. The Labute approximate surface area is 197 Å². The molecule has 0 aliphatic rings. The van der Waals surface area contributed by atoms with Crippen molar-refractivity contribution >= 4 is 11.3 Å². The van der Waals surface area contributed by atoms with Crippen LogP contribution in [0.4, 0.5) is 0 Å². The molecular formula is C27H24N4OS. The number of aryl methyl sites for hydroxylation is 2. The van der Waals surface area contributed by atoms with E-state index in [-0.39, 0.29) is 0 Å². The predicted molar refractivity (Wildman–Crippen MR) is 133 cm³/mol. The molecule has 0 saturated carbocycles. The van der Waals surface area contributed by atoms with Crippen molar-refractivity contribution in [2.45, 2.75) is 27.4 Å². The summed E-state index contributed by atoms with van der Waals surface area (Å²) in [5.74, 6) is 0.818. The molecule has 164 valence electrons. The number of nitrogens with zero attached hydrogens (tertiary/aromatic N) is 4. The van der Waals surface area contributed by atoms with Crippen molar-refractivity contribution in [1.82, 2.24) is 20.0 Å². The Morgan fingerprint density at radius 1 is 0.909 bits per heavy atom. The lowest BCUT2D eigenvalue weighted by Crippen LogP contribution is -2.00. The summed E-state index contributed by atoms with van der Waals surface area (Å²) >= 11 is 1.59. The summed E-state index contributed by atoms with van der Waals surface area (Å²) in [5, 5.41) is 11.8. The number of thiazole rings is 1. The van der Waals surface area contributed by atoms with Crippen molar-refractivity contribution in [3.63, 3.8) is 0 Å². The third kappa shape index (κ3) is 4.43. The van der Waals surface area contributed by atoms with Crippen molar-refractivity contribution in [2.75, 3.05) is 0 Å². The first-order chi connectivity index (χ1) is 16.1. The van der Waals surface area contributed by atoms with E-state index in [0.29, 0.717) is 6.61 Å². The Hall–Kier alpha value is -3.77. The first-order valence-corrected chi connectivity index (χ1v) is 11.7. The maximum atomic E-state index is 5.90. The van der Waals surface area contributed by atoms with Gasteiger partial charge in [0.05, 0.1) is 17.1 Å². The summed E-state index contributed by atoms with van der Waals surface area (Å²) in [6.45, 7) is 6.79. The van der Waals surface area contributed by atoms with Gasteiger partial charge in [0.2, 0.25) is 0 Å². The van der Waals surface area contributed by atoms with E-state index >= 15 is 0 Å². The maximum Gasteiger partial charge on any atom is 0.146 e. The molecule has 3 aromatic carbocycles. The van der Waals surface area contributed by atoms with Gasteiger partial charge >= 0.3 is 0 Å². The largest absolute Gasteiger partial charge is 0.489 e. The van der Waals surface area contributed by atoms with E-state index < -0.39 is 0 Å². The molecule has 0 radical (unpaired) electrons. The summed E-state index contributed by atoms with van der Waals surface area (Å²) in [6.07, 6.45) is 0. The molecule has 0 spiro atoms. The zero-order chi connectivity index (χ0) is 22.8. The minimum Gasteiger partial charge on any atom is -0.489 e. The molecular weight excluding hydrogens is 428 g/mol. The van der Waals surface area contributed by atoms with Crippen LogP contribution in [0.1, 0.15) is 22.4 Å². The standard InChI is InChI=1S/C27H24N4OS/c1-18-9-14-24(19(2)15-18)25-17-33-27(28-25)26-20(3)31(30-29-26)22-10-12-23(13-11-22)32-16-21-7-5-4-6-8-21/h4-15,17H,16H2,1-3H3. The van der Waals surface area contributed by atoms with Crippen LogP contribution in [0.3, 0.4) is 0 Å². The Balaban J connectivity index is 1.35. The number of hydrogen-bond acceptors (Lipinski definition) is 5. The summed E-state index contributed by atoms with van der Waals surface area (Å²) in [6, 6.07) is 24.5. The molecule has 0 saturated heterocycles. The Bertz CT molecular complexity index is 1390. The summed E-state index contributed by atoms with van der Waals surface area (Å²) in [4.78, 5) is 4.86.